The summed E-state index contributed by atoms with van der Waals surface area (Å²) >= 11 is 0. The molecule has 2 aliphatic rings. The van der Waals surface area contributed by atoms with Gasteiger partial charge in [0, 0.05) is 18.7 Å². The largest absolute Gasteiger partial charge is 0.493 e. The van der Waals surface area contributed by atoms with Crippen LogP contribution in [0.1, 0.15) is 103 Å². The third-order valence-electron chi connectivity index (χ3n) is 13.5. The zero-order valence-electron chi connectivity index (χ0n) is 47.0. The molecule has 0 aliphatic carbocycles. The third kappa shape index (κ3) is 15.5. The number of aromatic nitrogens is 4. The van der Waals surface area contributed by atoms with E-state index in [1.165, 1.54) is 34.4 Å². The zero-order chi connectivity index (χ0) is 59.8. The lowest BCUT2D eigenvalue weighted by Crippen LogP contribution is -2.45. The van der Waals surface area contributed by atoms with Gasteiger partial charge in [-0.3, -0.25) is 9.69 Å². The Balaban J connectivity index is 0.000000191. The second-order valence-electron chi connectivity index (χ2n) is 20.3. The number of carboxylic acid groups (broad SMARTS) is 2. The molecule has 10 rings (SSSR count). The predicted molar refractivity (Wildman–Crippen MR) is 314 cm³/mol. The molecule has 19 nitrogen and oxygen atoms in total. The van der Waals surface area contributed by atoms with Crippen molar-refractivity contribution < 1.29 is 61.5 Å². The number of benzene rings is 7. The number of carboxylic acids is 2. The van der Waals surface area contributed by atoms with Crippen LogP contribution in [-0.4, -0.2) is 107 Å². The molecule has 1 amide bonds. The molecule has 0 saturated heterocycles. The molecule has 434 valence electrons. The smallest absolute Gasteiger partial charge is 0.410 e. The summed E-state index contributed by atoms with van der Waals surface area (Å²) in [6, 6.07) is 48.3. The Morgan fingerprint density at radius 3 is 1.71 bits per heavy atom. The summed E-state index contributed by atoms with van der Waals surface area (Å²) in [6.45, 7) is 7.18. The summed E-state index contributed by atoms with van der Waals surface area (Å²) < 4.78 is 58.1. The Kier molecular flexibility index (Phi) is 20.1. The van der Waals surface area contributed by atoms with Crippen molar-refractivity contribution in [2.75, 3.05) is 33.1 Å². The fourth-order valence-electron chi connectivity index (χ4n) is 9.43. The van der Waals surface area contributed by atoms with Crippen LogP contribution >= 0.6 is 0 Å². The molecule has 20 heteroatoms. The van der Waals surface area contributed by atoms with Crippen LogP contribution in [0.2, 0.25) is 0 Å². The standard InChI is InChI=1S/C30H33N5O6S.C26H25NO4.C8H6O3/c1-30(2,3)41-29(36)34-16-15-22-17-27(40-19-21-11-7-5-8-12-21)26(39-4)18-24(22)25(34)20-42(37,38)28-31-32-33-35(28)23-13-9-6-10-14-23;1-30-24-16-22-20(15-25(24)31-17-18-7-3-2-4-8-18)13-14-27-23(22)12-11-19-9-5-6-10-21(19)26(28)29;9-5-6-3-1-2-4-7(6)8(10)11/h5-14,17-18,25H,15-16,19-20H2,1-4H3;2-12,15-16,23,27H,13-14,17H2,1H3,(H,28,29);1-5H,(H,10,11)/b;12-11+;. The van der Waals surface area contributed by atoms with Crippen molar-refractivity contribution >= 4 is 40.2 Å². The number of hydrogen-bond donors (Lipinski definition) is 3. The molecular weight excluding hydrogens is 1090 g/mol. The highest BCUT2D eigenvalue weighted by atomic mass is 32.2. The maximum atomic E-state index is 13.9. The quantitative estimate of drug-likeness (QED) is 0.0717. The van der Waals surface area contributed by atoms with E-state index in [0.29, 0.717) is 60.0 Å². The number of carbonyl (C=O) groups excluding carboxylic acids is 2. The van der Waals surface area contributed by atoms with Crippen LogP contribution in [0.4, 0.5) is 4.79 Å². The van der Waals surface area contributed by atoms with Gasteiger partial charge in [0.05, 0.1) is 48.9 Å². The van der Waals surface area contributed by atoms with Crippen LogP contribution in [-0.2, 0) is 40.6 Å². The molecule has 0 spiro atoms. The van der Waals surface area contributed by atoms with Crippen molar-refractivity contribution in [2.24, 2.45) is 0 Å². The summed E-state index contributed by atoms with van der Waals surface area (Å²) in [4.78, 5) is 47.0. The van der Waals surface area contributed by atoms with E-state index in [9.17, 15) is 32.7 Å². The molecule has 7 aromatic carbocycles. The lowest BCUT2D eigenvalue weighted by molar-refractivity contribution is 0.0162. The molecule has 2 unspecified atom stereocenters. The molecule has 84 heavy (non-hydrogen) atoms. The molecule has 1 aromatic heterocycles. The van der Waals surface area contributed by atoms with Crippen LogP contribution in [0.15, 0.2) is 175 Å². The lowest BCUT2D eigenvalue weighted by atomic mass is 9.92. The minimum absolute atomic E-state index is 0.0392. The van der Waals surface area contributed by atoms with E-state index in [1.807, 2.05) is 103 Å². The number of rotatable bonds is 17. The van der Waals surface area contributed by atoms with E-state index in [2.05, 4.69) is 26.9 Å². The Hall–Kier alpha value is -9.66. The molecule has 0 bridgehead atoms. The second-order valence-corrected chi connectivity index (χ2v) is 22.3. The molecule has 2 atom stereocenters. The number of sulfone groups is 1. The highest BCUT2D eigenvalue weighted by Gasteiger charge is 2.40. The van der Waals surface area contributed by atoms with Crippen LogP contribution in [0.3, 0.4) is 0 Å². The first-order valence-corrected chi connectivity index (χ1v) is 28.4. The summed E-state index contributed by atoms with van der Waals surface area (Å²) in [5.41, 5.74) is 6.82. The first-order chi connectivity index (χ1) is 40.5. The minimum atomic E-state index is -4.12. The maximum Gasteiger partial charge on any atom is 0.410 e. The molecule has 0 radical (unpaired) electrons. The van der Waals surface area contributed by atoms with Gasteiger partial charge in [0.25, 0.3) is 5.16 Å². The molecule has 2 aliphatic heterocycles. The average Bonchev–Trinajstić information content (AvgIpc) is 3.31. The minimum Gasteiger partial charge on any atom is -0.493 e. The number of fused-ring (bicyclic) bond motifs is 2. The van der Waals surface area contributed by atoms with Crippen LogP contribution in [0, 0.1) is 0 Å². The maximum absolute atomic E-state index is 13.9. The van der Waals surface area contributed by atoms with Crippen molar-refractivity contribution in [3.05, 3.63) is 226 Å². The number of carbonyl (C=O) groups is 4. The number of aromatic carboxylic acids is 2. The number of para-hydroxylation sites is 1. The van der Waals surface area contributed by atoms with Gasteiger partial charge in [0.2, 0.25) is 9.84 Å². The van der Waals surface area contributed by atoms with Crippen molar-refractivity contribution in [2.45, 2.75) is 69.7 Å². The number of aldehydes is 1. The first kappa shape index (κ1) is 60.4. The topological polar surface area (TPSA) is 248 Å². The number of ether oxygens (including phenoxy) is 5. The second kappa shape index (κ2) is 27.9. The Morgan fingerprint density at radius 2 is 1.18 bits per heavy atom. The van der Waals surface area contributed by atoms with Crippen molar-refractivity contribution in [1.29, 1.82) is 0 Å². The molecular formula is C64H64N6O13S. The Bertz CT molecular complexity index is 3720. The van der Waals surface area contributed by atoms with Gasteiger partial charge in [-0.05, 0) is 132 Å². The predicted octanol–water partition coefficient (Wildman–Crippen LogP) is 10.6. The number of hydrogen-bond acceptors (Lipinski definition) is 15. The summed E-state index contributed by atoms with van der Waals surface area (Å²) in [6.07, 6.45) is 5.14. The highest BCUT2D eigenvalue weighted by Crippen LogP contribution is 2.41. The van der Waals surface area contributed by atoms with E-state index in [0.717, 1.165) is 41.0 Å². The normalized spacial score (nSPS) is 14.5. The molecule has 8 aromatic rings. The molecule has 0 fully saturated rings. The van der Waals surface area contributed by atoms with Crippen LogP contribution < -0.4 is 24.3 Å². The number of tetrazole rings is 1. The zero-order valence-corrected chi connectivity index (χ0v) is 47.8. The summed E-state index contributed by atoms with van der Waals surface area (Å²) in [7, 11) is -0.959. The number of nitrogens with one attached hydrogen (secondary N) is 1. The summed E-state index contributed by atoms with van der Waals surface area (Å²) in [5, 5.41) is 32.5. The summed E-state index contributed by atoms with van der Waals surface area (Å²) in [5.74, 6) is -0.118. The average molecular weight is 1160 g/mol. The van der Waals surface area contributed by atoms with Crippen LogP contribution in [0.25, 0.3) is 11.8 Å². The number of amides is 1. The SMILES string of the molecule is COc1cc2c(cc1OCc1ccccc1)CCN(C(=O)OC(C)(C)C)C2CS(=O)(=O)c1nnnn1-c1ccccc1.COc1cc2c(cc1OCc1ccccc1)CCNC2/C=C/c1ccccc1C(=O)O.O=Cc1ccccc1C(=O)O. The molecule has 0 saturated carbocycles. The number of methoxy groups -OCH3 is 2. The van der Waals surface area contributed by atoms with Crippen molar-refractivity contribution in [3.63, 3.8) is 0 Å². The van der Waals surface area contributed by atoms with Gasteiger partial charge in [-0.15, -0.1) is 0 Å². The highest BCUT2D eigenvalue weighted by molar-refractivity contribution is 7.91. The Morgan fingerprint density at radius 1 is 0.667 bits per heavy atom. The Labute approximate surface area is 487 Å². The van der Waals surface area contributed by atoms with Gasteiger partial charge in [-0.25, -0.2) is 22.8 Å². The monoisotopic (exact) mass is 1160 g/mol. The van der Waals surface area contributed by atoms with Crippen molar-refractivity contribution in [1.82, 2.24) is 30.4 Å². The van der Waals surface area contributed by atoms with Gasteiger partial charge >= 0.3 is 18.0 Å². The fraction of sp³-hybridized carbons (Fsp3) is 0.234. The fourth-order valence-corrected chi connectivity index (χ4v) is 10.9. The van der Waals surface area contributed by atoms with E-state index < -0.39 is 45.3 Å². The van der Waals surface area contributed by atoms with Crippen LogP contribution in [0.5, 0.6) is 23.0 Å². The van der Waals surface area contributed by atoms with Gasteiger partial charge in [0.15, 0.2) is 29.3 Å². The van der Waals surface area contributed by atoms with Gasteiger partial charge in [0.1, 0.15) is 18.8 Å². The van der Waals surface area contributed by atoms with Gasteiger partial charge in [-0.1, -0.05) is 133 Å². The first-order valence-electron chi connectivity index (χ1n) is 26.8. The lowest BCUT2D eigenvalue weighted by Gasteiger charge is -2.38. The molecule has 3 N–H and O–H groups in total. The molecule has 3 heterocycles. The van der Waals surface area contributed by atoms with Gasteiger partial charge < -0.3 is 39.2 Å². The van der Waals surface area contributed by atoms with Gasteiger partial charge in [-0.2, -0.15) is 4.68 Å². The van der Waals surface area contributed by atoms with E-state index in [4.69, 9.17) is 28.8 Å². The van der Waals surface area contributed by atoms with E-state index in [-0.39, 0.29) is 34.4 Å². The third-order valence-corrected chi connectivity index (χ3v) is 15.0. The van der Waals surface area contributed by atoms with E-state index >= 15 is 0 Å². The van der Waals surface area contributed by atoms with Crippen molar-refractivity contribution in [3.8, 4) is 28.7 Å². The number of nitrogens with zero attached hydrogens (tertiary/aromatic N) is 5. The van der Waals surface area contributed by atoms with E-state index in [1.54, 1.807) is 82.5 Å².